The van der Waals surface area contributed by atoms with Crippen LogP contribution in [0.25, 0.3) is 0 Å². The molecule has 5 heteroatoms. The molecule has 2 N–H and O–H groups in total. The zero-order valence-electron chi connectivity index (χ0n) is 12.3. The molecular formula is C15H21ClN2O2. The SMILES string of the molecule is CC(C)NC(=O)C(C)(C)C(=O)NCc1ccc(Cl)cc1. The van der Waals surface area contributed by atoms with Gasteiger partial charge < -0.3 is 10.6 Å². The highest BCUT2D eigenvalue weighted by molar-refractivity contribution is 6.30. The lowest BCUT2D eigenvalue weighted by molar-refractivity contribution is -0.141. The van der Waals surface area contributed by atoms with E-state index in [1.165, 1.54) is 0 Å². The number of nitrogens with one attached hydrogen (secondary N) is 2. The molecule has 1 aromatic carbocycles. The van der Waals surface area contributed by atoms with Crippen molar-refractivity contribution in [3.8, 4) is 0 Å². The van der Waals surface area contributed by atoms with Crippen LogP contribution in [0.3, 0.4) is 0 Å². The van der Waals surface area contributed by atoms with Gasteiger partial charge in [0.2, 0.25) is 11.8 Å². The molecule has 0 saturated heterocycles. The number of amides is 2. The lowest BCUT2D eigenvalue weighted by atomic mass is 9.90. The standard InChI is InChI=1S/C15H21ClN2O2/c1-10(2)18-14(20)15(3,4)13(19)17-9-11-5-7-12(16)8-6-11/h5-8,10H,9H2,1-4H3,(H,17,19)(H,18,20). The van der Waals surface area contributed by atoms with Gasteiger partial charge in [-0.25, -0.2) is 0 Å². The number of hydrogen-bond donors (Lipinski definition) is 2. The van der Waals surface area contributed by atoms with Gasteiger partial charge in [0.1, 0.15) is 5.41 Å². The van der Waals surface area contributed by atoms with Crippen molar-refractivity contribution < 1.29 is 9.59 Å². The Morgan fingerprint density at radius 1 is 1.15 bits per heavy atom. The van der Waals surface area contributed by atoms with E-state index in [1.54, 1.807) is 26.0 Å². The third kappa shape index (κ3) is 4.53. The van der Waals surface area contributed by atoms with E-state index in [-0.39, 0.29) is 17.9 Å². The minimum Gasteiger partial charge on any atom is -0.353 e. The maximum absolute atomic E-state index is 12.1. The van der Waals surface area contributed by atoms with Crippen LogP contribution in [0.2, 0.25) is 5.02 Å². The molecule has 4 nitrogen and oxygen atoms in total. The fourth-order valence-electron chi connectivity index (χ4n) is 1.55. The van der Waals surface area contributed by atoms with Gasteiger partial charge >= 0.3 is 0 Å². The third-order valence-electron chi connectivity index (χ3n) is 2.92. The molecule has 0 aliphatic heterocycles. The topological polar surface area (TPSA) is 58.2 Å². The van der Waals surface area contributed by atoms with E-state index >= 15 is 0 Å². The molecule has 0 unspecified atom stereocenters. The van der Waals surface area contributed by atoms with Crippen LogP contribution in [0.4, 0.5) is 0 Å². The van der Waals surface area contributed by atoms with Gasteiger partial charge in [0.15, 0.2) is 0 Å². The number of halogens is 1. The van der Waals surface area contributed by atoms with Gasteiger partial charge in [-0.15, -0.1) is 0 Å². The van der Waals surface area contributed by atoms with Gasteiger partial charge in [0, 0.05) is 17.6 Å². The average molecular weight is 297 g/mol. The number of carbonyl (C=O) groups excluding carboxylic acids is 2. The van der Waals surface area contributed by atoms with Crippen LogP contribution in [0.15, 0.2) is 24.3 Å². The van der Waals surface area contributed by atoms with Gasteiger partial charge in [-0.3, -0.25) is 9.59 Å². The minimum absolute atomic E-state index is 0.00541. The molecule has 110 valence electrons. The van der Waals surface area contributed by atoms with E-state index in [0.717, 1.165) is 5.56 Å². The monoisotopic (exact) mass is 296 g/mol. The van der Waals surface area contributed by atoms with Crippen LogP contribution < -0.4 is 10.6 Å². The van der Waals surface area contributed by atoms with Crippen molar-refractivity contribution in [2.45, 2.75) is 40.3 Å². The molecule has 0 bridgehead atoms. The summed E-state index contributed by atoms with van der Waals surface area (Å²) in [6.45, 7) is 7.32. The Morgan fingerprint density at radius 2 is 1.70 bits per heavy atom. The second kappa shape index (κ2) is 6.75. The molecule has 0 aromatic heterocycles. The first-order chi connectivity index (χ1) is 9.23. The molecule has 0 aliphatic rings. The van der Waals surface area contributed by atoms with Crippen LogP contribution in [-0.2, 0) is 16.1 Å². The maximum atomic E-state index is 12.1. The number of hydrogen-bond acceptors (Lipinski definition) is 2. The highest BCUT2D eigenvalue weighted by atomic mass is 35.5. The van der Waals surface area contributed by atoms with Gasteiger partial charge in [0.05, 0.1) is 0 Å². The Kier molecular flexibility index (Phi) is 5.57. The van der Waals surface area contributed by atoms with E-state index in [0.29, 0.717) is 11.6 Å². The van der Waals surface area contributed by atoms with E-state index < -0.39 is 5.41 Å². The Bertz CT molecular complexity index is 481. The Labute approximate surface area is 124 Å². The second-order valence-electron chi connectivity index (χ2n) is 5.56. The molecule has 0 atom stereocenters. The summed E-state index contributed by atoms with van der Waals surface area (Å²) in [6, 6.07) is 7.21. The number of benzene rings is 1. The van der Waals surface area contributed by atoms with Crippen LogP contribution in [0.1, 0.15) is 33.3 Å². The molecule has 1 rings (SSSR count). The summed E-state index contributed by atoms with van der Waals surface area (Å²) in [6.07, 6.45) is 0. The normalized spacial score (nSPS) is 11.3. The van der Waals surface area contributed by atoms with E-state index in [4.69, 9.17) is 11.6 Å². The molecule has 0 fully saturated rings. The summed E-state index contributed by atoms with van der Waals surface area (Å²) in [5.41, 5.74) is -0.167. The first kappa shape index (κ1) is 16.5. The molecule has 0 heterocycles. The van der Waals surface area contributed by atoms with Crippen molar-refractivity contribution in [1.29, 1.82) is 0 Å². The van der Waals surface area contributed by atoms with Crippen molar-refractivity contribution in [1.82, 2.24) is 10.6 Å². The average Bonchev–Trinajstić information content (AvgIpc) is 2.36. The quantitative estimate of drug-likeness (QED) is 0.820. The molecule has 20 heavy (non-hydrogen) atoms. The smallest absolute Gasteiger partial charge is 0.235 e. The summed E-state index contributed by atoms with van der Waals surface area (Å²) >= 11 is 5.80. The molecular weight excluding hydrogens is 276 g/mol. The third-order valence-corrected chi connectivity index (χ3v) is 3.17. The van der Waals surface area contributed by atoms with Crippen molar-refractivity contribution in [2.75, 3.05) is 0 Å². The molecule has 0 spiro atoms. The van der Waals surface area contributed by atoms with Crippen molar-refractivity contribution in [2.24, 2.45) is 5.41 Å². The van der Waals surface area contributed by atoms with Crippen LogP contribution in [-0.4, -0.2) is 17.9 Å². The first-order valence-electron chi connectivity index (χ1n) is 6.57. The molecule has 0 aliphatic carbocycles. The minimum atomic E-state index is -1.10. The zero-order chi connectivity index (χ0) is 15.3. The fourth-order valence-corrected chi connectivity index (χ4v) is 1.68. The predicted octanol–water partition coefficient (Wildman–Crippen LogP) is 2.51. The Hall–Kier alpha value is -1.55. The van der Waals surface area contributed by atoms with E-state index in [9.17, 15) is 9.59 Å². The highest BCUT2D eigenvalue weighted by Crippen LogP contribution is 2.16. The molecule has 1 aromatic rings. The first-order valence-corrected chi connectivity index (χ1v) is 6.95. The second-order valence-corrected chi connectivity index (χ2v) is 6.00. The molecule has 0 radical (unpaired) electrons. The van der Waals surface area contributed by atoms with Gasteiger partial charge in [-0.05, 0) is 45.4 Å². The largest absolute Gasteiger partial charge is 0.353 e. The number of carbonyl (C=O) groups is 2. The van der Waals surface area contributed by atoms with Crippen molar-refractivity contribution in [3.63, 3.8) is 0 Å². The van der Waals surface area contributed by atoms with Crippen LogP contribution >= 0.6 is 11.6 Å². The van der Waals surface area contributed by atoms with Gasteiger partial charge in [-0.2, -0.15) is 0 Å². The zero-order valence-corrected chi connectivity index (χ0v) is 13.0. The highest BCUT2D eigenvalue weighted by Gasteiger charge is 2.35. The lowest BCUT2D eigenvalue weighted by Gasteiger charge is -2.24. The van der Waals surface area contributed by atoms with Crippen LogP contribution in [0.5, 0.6) is 0 Å². The lowest BCUT2D eigenvalue weighted by Crippen LogP contribution is -2.49. The molecule has 2 amide bonds. The van der Waals surface area contributed by atoms with Crippen molar-refractivity contribution in [3.05, 3.63) is 34.9 Å². The Balaban J connectivity index is 2.61. The number of rotatable bonds is 5. The fraction of sp³-hybridized carbons (Fsp3) is 0.467. The van der Waals surface area contributed by atoms with Crippen molar-refractivity contribution >= 4 is 23.4 Å². The van der Waals surface area contributed by atoms with Gasteiger partial charge in [0.25, 0.3) is 0 Å². The Morgan fingerprint density at radius 3 is 2.20 bits per heavy atom. The predicted molar refractivity (Wildman–Crippen MR) is 80.4 cm³/mol. The summed E-state index contributed by atoms with van der Waals surface area (Å²) in [5, 5.41) is 6.17. The summed E-state index contributed by atoms with van der Waals surface area (Å²) in [5.74, 6) is -0.577. The van der Waals surface area contributed by atoms with E-state index in [1.807, 2.05) is 26.0 Å². The molecule has 0 saturated carbocycles. The van der Waals surface area contributed by atoms with Crippen LogP contribution in [0, 0.1) is 5.41 Å². The van der Waals surface area contributed by atoms with E-state index in [2.05, 4.69) is 10.6 Å². The summed E-state index contributed by atoms with van der Waals surface area (Å²) < 4.78 is 0. The summed E-state index contributed by atoms with van der Waals surface area (Å²) in [4.78, 5) is 24.1. The maximum Gasteiger partial charge on any atom is 0.235 e. The summed E-state index contributed by atoms with van der Waals surface area (Å²) in [7, 11) is 0. The van der Waals surface area contributed by atoms with Gasteiger partial charge in [-0.1, -0.05) is 23.7 Å².